The Morgan fingerprint density at radius 2 is 2.00 bits per heavy atom. The second kappa shape index (κ2) is 3.34. The summed E-state index contributed by atoms with van der Waals surface area (Å²) in [6, 6.07) is 8.80. The highest BCUT2D eigenvalue weighted by molar-refractivity contribution is 5.37. The van der Waals surface area contributed by atoms with Crippen molar-refractivity contribution >= 4 is 0 Å². The predicted molar refractivity (Wildman–Crippen MR) is 62.6 cm³/mol. The van der Waals surface area contributed by atoms with Crippen molar-refractivity contribution in [1.82, 2.24) is 0 Å². The first-order valence-electron chi connectivity index (χ1n) is 6.18. The number of nitrogens with two attached hydrogens (primary N) is 1. The summed E-state index contributed by atoms with van der Waals surface area (Å²) in [4.78, 5) is 0. The molecule has 3 rings (SSSR count). The van der Waals surface area contributed by atoms with Crippen molar-refractivity contribution in [2.75, 3.05) is 0 Å². The maximum Gasteiger partial charge on any atom is 0.0441 e. The van der Waals surface area contributed by atoms with Crippen molar-refractivity contribution in [1.29, 1.82) is 0 Å². The molecule has 2 aliphatic rings. The molecule has 1 fully saturated rings. The molecule has 2 atom stereocenters. The van der Waals surface area contributed by atoms with Gasteiger partial charge in [0.1, 0.15) is 0 Å². The van der Waals surface area contributed by atoms with Crippen LogP contribution in [-0.2, 0) is 12.0 Å². The fourth-order valence-electron chi connectivity index (χ4n) is 3.55. The highest BCUT2D eigenvalue weighted by Crippen LogP contribution is 2.46. The van der Waals surface area contributed by atoms with E-state index in [-0.39, 0.29) is 5.54 Å². The molecule has 2 aliphatic carbocycles. The monoisotopic (exact) mass is 201 g/mol. The van der Waals surface area contributed by atoms with Crippen molar-refractivity contribution in [3.05, 3.63) is 35.4 Å². The van der Waals surface area contributed by atoms with Crippen LogP contribution in [0.15, 0.2) is 24.3 Å². The third-order valence-electron chi connectivity index (χ3n) is 4.40. The second-order valence-corrected chi connectivity index (χ2v) is 5.18. The van der Waals surface area contributed by atoms with Gasteiger partial charge in [-0.25, -0.2) is 0 Å². The first-order chi connectivity index (χ1) is 7.31. The van der Waals surface area contributed by atoms with E-state index in [4.69, 9.17) is 5.73 Å². The van der Waals surface area contributed by atoms with E-state index < -0.39 is 0 Å². The lowest BCUT2D eigenvalue weighted by Gasteiger charge is -2.46. The van der Waals surface area contributed by atoms with Crippen molar-refractivity contribution in [2.45, 2.75) is 44.1 Å². The Hall–Kier alpha value is -0.820. The Morgan fingerprint density at radius 1 is 1.13 bits per heavy atom. The van der Waals surface area contributed by atoms with Gasteiger partial charge in [0.15, 0.2) is 0 Å². The standard InChI is InChI=1S/C14H19N/c15-14-10-4-3-6-12(14)9-8-11-5-1-2-7-13(11)14/h1-2,5,7,12H,3-4,6,8-10,15H2/t12?,14-/m1/s1. The van der Waals surface area contributed by atoms with Gasteiger partial charge >= 0.3 is 0 Å². The molecule has 1 nitrogen and oxygen atoms in total. The van der Waals surface area contributed by atoms with Crippen LogP contribution >= 0.6 is 0 Å². The van der Waals surface area contributed by atoms with E-state index in [0.717, 1.165) is 5.92 Å². The minimum Gasteiger partial charge on any atom is -0.321 e. The Bertz CT molecular complexity index is 371. The molecule has 1 aromatic carbocycles. The highest BCUT2D eigenvalue weighted by Gasteiger charge is 2.41. The van der Waals surface area contributed by atoms with Gasteiger partial charge in [0.25, 0.3) is 0 Å². The van der Waals surface area contributed by atoms with Crippen LogP contribution in [0.2, 0.25) is 0 Å². The van der Waals surface area contributed by atoms with E-state index in [1.807, 2.05) is 0 Å². The van der Waals surface area contributed by atoms with Gasteiger partial charge < -0.3 is 5.73 Å². The molecular formula is C14H19N. The van der Waals surface area contributed by atoms with Crippen LogP contribution in [0.3, 0.4) is 0 Å². The molecule has 1 heteroatoms. The van der Waals surface area contributed by atoms with Crippen molar-refractivity contribution in [2.24, 2.45) is 11.7 Å². The van der Waals surface area contributed by atoms with Crippen molar-refractivity contribution < 1.29 is 0 Å². The second-order valence-electron chi connectivity index (χ2n) is 5.18. The number of benzene rings is 1. The average Bonchev–Trinajstić information content (AvgIpc) is 2.29. The van der Waals surface area contributed by atoms with Crippen LogP contribution in [-0.4, -0.2) is 0 Å². The lowest BCUT2D eigenvalue weighted by Crippen LogP contribution is -2.49. The molecule has 0 saturated heterocycles. The molecule has 15 heavy (non-hydrogen) atoms. The quantitative estimate of drug-likeness (QED) is 0.686. The molecule has 1 aromatic rings. The van der Waals surface area contributed by atoms with E-state index in [0.29, 0.717) is 0 Å². The lowest BCUT2D eigenvalue weighted by atomic mass is 9.63. The van der Waals surface area contributed by atoms with Crippen LogP contribution in [0.5, 0.6) is 0 Å². The number of hydrogen-bond acceptors (Lipinski definition) is 1. The predicted octanol–water partition coefficient (Wildman–Crippen LogP) is 2.98. The topological polar surface area (TPSA) is 26.0 Å². The fourth-order valence-corrected chi connectivity index (χ4v) is 3.55. The lowest BCUT2D eigenvalue weighted by molar-refractivity contribution is 0.165. The minimum atomic E-state index is 0.00704. The van der Waals surface area contributed by atoms with Gasteiger partial charge in [-0.3, -0.25) is 0 Å². The van der Waals surface area contributed by atoms with E-state index in [2.05, 4.69) is 24.3 Å². The van der Waals surface area contributed by atoms with E-state index in [9.17, 15) is 0 Å². The van der Waals surface area contributed by atoms with Crippen molar-refractivity contribution in [3.63, 3.8) is 0 Å². The van der Waals surface area contributed by atoms with Gasteiger partial charge in [-0.1, -0.05) is 37.1 Å². The normalized spacial score (nSPS) is 34.3. The van der Waals surface area contributed by atoms with Crippen LogP contribution in [0.1, 0.15) is 43.2 Å². The summed E-state index contributed by atoms with van der Waals surface area (Å²) >= 11 is 0. The third-order valence-corrected chi connectivity index (χ3v) is 4.40. The molecule has 2 N–H and O–H groups in total. The molecule has 0 aromatic heterocycles. The maximum absolute atomic E-state index is 6.68. The van der Waals surface area contributed by atoms with Gasteiger partial charge in [-0.05, 0) is 42.7 Å². The molecular weight excluding hydrogens is 182 g/mol. The minimum absolute atomic E-state index is 0.00704. The van der Waals surface area contributed by atoms with E-state index in [1.54, 1.807) is 0 Å². The molecule has 80 valence electrons. The number of hydrogen-bond donors (Lipinski definition) is 1. The average molecular weight is 201 g/mol. The Morgan fingerprint density at radius 3 is 2.93 bits per heavy atom. The summed E-state index contributed by atoms with van der Waals surface area (Å²) in [6.07, 6.45) is 7.75. The van der Waals surface area contributed by atoms with Crippen LogP contribution in [0.4, 0.5) is 0 Å². The van der Waals surface area contributed by atoms with Gasteiger partial charge in [0.05, 0.1) is 0 Å². The summed E-state index contributed by atoms with van der Waals surface area (Å²) in [6.45, 7) is 0. The number of fused-ring (bicyclic) bond motifs is 3. The first kappa shape index (κ1) is 9.41. The number of aryl methyl sites for hydroxylation is 1. The molecule has 0 heterocycles. The molecule has 1 unspecified atom stereocenters. The zero-order valence-corrected chi connectivity index (χ0v) is 9.21. The summed E-state index contributed by atoms with van der Waals surface area (Å²) in [7, 11) is 0. The third kappa shape index (κ3) is 1.33. The first-order valence-corrected chi connectivity index (χ1v) is 6.18. The zero-order chi connectivity index (χ0) is 10.3. The molecule has 0 radical (unpaired) electrons. The van der Waals surface area contributed by atoms with E-state index in [1.165, 1.54) is 49.7 Å². The summed E-state index contributed by atoms with van der Waals surface area (Å²) in [5.41, 5.74) is 9.63. The molecule has 0 amide bonds. The van der Waals surface area contributed by atoms with Gasteiger partial charge in [-0.15, -0.1) is 0 Å². The molecule has 0 aliphatic heterocycles. The smallest absolute Gasteiger partial charge is 0.0441 e. The van der Waals surface area contributed by atoms with Crippen LogP contribution < -0.4 is 5.73 Å². The largest absolute Gasteiger partial charge is 0.321 e. The Kier molecular flexibility index (Phi) is 2.10. The van der Waals surface area contributed by atoms with Gasteiger partial charge in [-0.2, -0.15) is 0 Å². The Balaban J connectivity index is 2.09. The molecule has 0 bridgehead atoms. The van der Waals surface area contributed by atoms with Crippen molar-refractivity contribution in [3.8, 4) is 0 Å². The highest BCUT2D eigenvalue weighted by atomic mass is 14.8. The van der Waals surface area contributed by atoms with Crippen LogP contribution in [0, 0.1) is 5.92 Å². The fraction of sp³-hybridized carbons (Fsp3) is 0.571. The maximum atomic E-state index is 6.68. The Labute approximate surface area is 91.7 Å². The van der Waals surface area contributed by atoms with Gasteiger partial charge in [0.2, 0.25) is 0 Å². The summed E-state index contributed by atoms with van der Waals surface area (Å²) in [5.74, 6) is 0.737. The molecule has 1 saturated carbocycles. The zero-order valence-electron chi connectivity index (χ0n) is 9.21. The SMILES string of the molecule is N[C@]12CCCCC1CCc1ccccc12. The summed E-state index contributed by atoms with van der Waals surface area (Å²) in [5, 5.41) is 0. The van der Waals surface area contributed by atoms with E-state index >= 15 is 0 Å². The van der Waals surface area contributed by atoms with Crippen LogP contribution in [0.25, 0.3) is 0 Å². The molecule has 0 spiro atoms. The number of rotatable bonds is 0. The van der Waals surface area contributed by atoms with Gasteiger partial charge in [0, 0.05) is 5.54 Å². The summed E-state index contributed by atoms with van der Waals surface area (Å²) < 4.78 is 0.